The van der Waals surface area contributed by atoms with Crippen LogP contribution in [0.1, 0.15) is 35.1 Å². The van der Waals surface area contributed by atoms with E-state index >= 15 is 0 Å². The summed E-state index contributed by atoms with van der Waals surface area (Å²) in [6.45, 7) is 4.54. The second kappa shape index (κ2) is 9.09. The van der Waals surface area contributed by atoms with Crippen molar-refractivity contribution in [1.29, 1.82) is 0 Å². The van der Waals surface area contributed by atoms with Gasteiger partial charge in [0.25, 0.3) is 15.9 Å². The SMILES string of the molecule is CCOC(=O)C1CCN(C(=O)c2sc(NS(=O)(=O)c3ccc(F)cc3)nc2C)CC1. The standard InChI is InChI=1S/C19H22FN3O5S2/c1-3-28-18(25)13-8-10-23(11-9-13)17(24)16-12(2)21-19(29-16)22-30(26,27)15-6-4-14(20)5-7-15/h4-7,13H,3,8-11H2,1-2H3,(H,21,22). The maximum Gasteiger partial charge on any atom is 0.309 e. The number of halogens is 1. The molecule has 1 aliphatic rings. The Morgan fingerprint density at radius 1 is 1.27 bits per heavy atom. The van der Waals surface area contributed by atoms with Crippen molar-refractivity contribution in [1.82, 2.24) is 9.88 Å². The van der Waals surface area contributed by atoms with E-state index in [2.05, 4.69) is 9.71 Å². The molecular formula is C19H22FN3O5S2. The number of anilines is 1. The number of benzene rings is 1. The van der Waals surface area contributed by atoms with Crippen LogP contribution in [0, 0.1) is 18.7 Å². The highest BCUT2D eigenvalue weighted by atomic mass is 32.2. The Morgan fingerprint density at radius 2 is 1.90 bits per heavy atom. The molecule has 0 aliphatic carbocycles. The third kappa shape index (κ3) is 4.96. The summed E-state index contributed by atoms with van der Waals surface area (Å²) in [5, 5.41) is 0.0570. The molecule has 1 fully saturated rings. The number of likely N-dealkylation sites (tertiary alicyclic amines) is 1. The van der Waals surface area contributed by atoms with E-state index in [1.54, 1.807) is 18.7 Å². The molecule has 11 heteroatoms. The van der Waals surface area contributed by atoms with Crippen LogP contribution in [-0.2, 0) is 19.6 Å². The van der Waals surface area contributed by atoms with E-state index in [0.717, 1.165) is 35.6 Å². The first-order chi connectivity index (χ1) is 14.2. The molecule has 3 rings (SSSR count). The molecule has 0 unspecified atom stereocenters. The van der Waals surface area contributed by atoms with Crippen LogP contribution in [0.25, 0.3) is 0 Å². The number of carbonyl (C=O) groups is 2. The molecule has 2 heterocycles. The third-order valence-electron chi connectivity index (χ3n) is 4.74. The number of sulfonamides is 1. The number of aryl methyl sites for hydroxylation is 1. The Kier molecular flexibility index (Phi) is 6.71. The van der Waals surface area contributed by atoms with Crippen molar-refractivity contribution in [3.05, 3.63) is 40.7 Å². The Morgan fingerprint density at radius 3 is 2.50 bits per heavy atom. The van der Waals surface area contributed by atoms with Gasteiger partial charge in [-0.15, -0.1) is 0 Å². The summed E-state index contributed by atoms with van der Waals surface area (Å²) < 4.78 is 45.3. The third-order valence-corrected chi connectivity index (χ3v) is 7.28. The highest BCUT2D eigenvalue weighted by molar-refractivity contribution is 7.93. The number of rotatable bonds is 6. The van der Waals surface area contributed by atoms with Crippen LogP contribution in [-0.4, -0.2) is 49.9 Å². The molecule has 0 saturated carbocycles. The van der Waals surface area contributed by atoms with Gasteiger partial charge in [0.15, 0.2) is 5.13 Å². The van der Waals surface area contributed by atoms with E-state index in [-0.39, 0.29) is 27.8 Å². The normalized spacial score (nSPS) is 15.1. The van der Waals surface area contributed by atoms with Crippen molar-refractivity contribution in [2.75, 3.05) is 24.4 Å². The first-order valence-electron chi connectivity index (χ1n) is 9.43. The number of amides is 1. The number of aromatic nitrogens is 1. The van der Waals surface area contributed by atoms with Gasteiger partial charge in [-0.1, -0.05) is 11.3 Å². The minimum absolute atomic E-state index is 0.0570. The van der Waals surface area contributed by atoms with Crippen LogP contribution in [0.3, 0.4) is 0 Å². The molecule has 1 aromatic heterocycles. The highest BCUT2D eigenvalue weighted by Crippen LogP contribution is 2.28. The van der Waals surface area contributed by atoms with E-state index in [9.17, 15) is 22.4 Å². The molecule has 1 N–H and O–H groups in total. The van der Waals surface area contributed by atoms with Crippen molar-refractivity contribution in [3.63, 3.8) is 0 Å². The predicted molar refractivity (Wildman–Crippen MR) is 109 cm³/mol. The smallest absolute Gasteiger partial charge is 0.309 e. The van der Waals surface area contributed by atoms with Crippen molar-refractivity contribution in [2.24, 2.45) is 5.92 Å². The Labute approximate surface area is 178 Å². The molecule has 2 aromatic rings. The number of nitrogens with zero attached hydrogens (tertiary/aromatic N) is 2. The molecule has 0 spiro atoms. The monoisotopic (exact) mass is 455 g/mol. The molecule has 1 aromatic carbocycles. The number of hydrogen-bond donors (Lipinski definition) is 1. The fourth-order valence-corrected chi connectivity index (χ4v) is 5.32. The zero-order valence-corrected chi connectivity index (χ0v) is 18.2. The van der Waals surface area contributed by atoms with Crippen LogP contribution in [0.5, 0.6) is 0 Å². The predicted octanol–water partition coefficient (Wildman–Crippen LogP) is 2.81. The maximum atomic E-state index is 13.0. The van der Waals surface area contributed by atoms with Gasteiger partial charge in [0.1, 0.15) is 10.7 Å². The maximum absolute atomic E-state index is 13.0. The molecule has 1 amide bonds. The lowest BCUT2D eigenvalue weighted by Gasteiger charge is -2.30. The molecule has 0 atom stereocenters. The number of hydrogen-bond acceptors (Lipinski definition) is 7. The van der Waals surface area contributed by atoms with Gasteiger partial charge < -0.3 is 9.64 Å². The van der Waals surface area contributed by atoms with Crippen molar-refractivity contribution >= 4 is 38.4 Å². The lowest BCUT2D eigenvalue weighted by Crippen LogP contribution is -2.40. The summed E-state index contributed by atoms with van der Waals surface area (Å²) in [5.74, 6) is -1.25. The largest absolute Gasteiger partial charge is 0.466 e. The molecule has 0 radical (unpaired) electrons. The number of piperidine rings is 1. The van der Waals surface area contributed by atoms with E-state index in [1.807, 2.05) is 0 Å². The average Bonchev–Trinajstić information content (AvgIpc) is 3.07. The summed E-state index contributed by atoms with van der Waals surface area (Å²) in [6.07, 6.45) is 1.04. The fraction of sp³-hybridized carbons (Fsp3) is 0.421. The summed E-state index contributed by atoms with van der Waals surface area (Å²) in [5.41, 5.74) is 0.411. The van der Waals surface area contributed by atoms with Crippen LogP contribution < -0.4 is 4.72 Å². The van der Waals surface area contributed by atoms with Crippen LogP contribution >= 0.6 is 11.3 Å². The number of nitrogens with one attached hydrogen (secondary N) is 1. The average molecular weight is 456 g/mol. The number of ether oxygens (including phenoxy) is 1. The summed E-state index contributed by atoms with van der Waals surface area (Å²) in [6, 6.07) is 4.41. The van der Waals surface area contributed by atoms with Crippen LogP contribution in [0.2, 0.25) is 0 Å². The van der Waals surface area contributed by atoms with Gasteiger partial charge in [-0.3, -0.25) is 14.3 Å². The van der Waals surface area contributed by atoms with E-state index in [0.29, 0.717) is 43.1 Å². The minimum atomic E-state index is -3.95. The molecule has 1 saturated heterocycles. The van der Waals surface area contributed by atoms with Gasteiger partial charge >= 0.3 is 5.97 Å². The molecule has 0 bridgehead atoms. The first-order valence-corrected chi connectivity index (χ1v) is 11.7. The van der Waals surface area contributed by atoms with E-state index in [1.165, 1.54) is 0 Å². The Hall–Kier alpha value is -2.53. The summed E-state index contributed by atoms with van der Waals surface area (Å²) in [7, 11) is -3.95. The van der Waals surface area contributed by atoms with Gasteiger partial charge in [0.2, 0.25) is 0 Å². The highest BCUT2D eigenvalue weighted by Gasteiger charge is 2.30. The van der Waals surface area contributed by atoms with Gasteiger partial charge in [0, 0.05) is 13.1 Å². The molecule has 8 nitrogen and oxygen atoms in total. The second-order valence-corrected chi connectivity index (χ2v) is 9.49. The zero-order chi connectivity index (χ0) is 21.9. The lowest BCUT2D eigenvalue weighted by atomic mass is 9.97. The molecule has 30 heavy (non-hydrogen) atoms. The van der Waals surface area contributed by atoms with Crippen molar-refractivity contribution in [3.8, 4) is 0 Å². The molecule has 162 valence electrons. The second-order valence-electron chi connectivity index (χ2n) is 6.81. The summed E-state index contributed by atoms with van der Waals surface area (Å²) >= 11 is 0.943. The van der Waals surface area contributed by atoms with Gasteiger partial charge in [-0.25, -0.2) is 17.8 Å². The number of carbonyl (C=O) groups excluding carboxylic acids is 2. The zero-order valence-electron chi connectivity index (χ0n) is 16.6. The molecule has 1 aliphatic heterocycles. The quantitative estimate of drug-likeness (QED) is 0.672. The van der Waals surface area contributed by atoms with Crippen molar-refractivity contribution in [2.45, 2.75) is 31.6 Å². The minimum Gasteiger partial charge on any atom is -0.466 e. The first kappa shape index (κ1) is 22.2. The summed E-state index contributed by atoms with van der Waals surface area (Å²) in [4.78, 5) is 30.7. The molecular weight excluding hydrogens is 433 g/mol. The van der Waals surface area contributed by atoms with E-state index in [4.69, 9.17) is 4.74 Å². The Balaban J connectivity index is 1.68. The lowest BCUT2D eigenvalue weighted by molar-refractivity contribution is -0.149. The van der Waals surface area contributed by atoms with Crippen molar-refractivity contribution < 1.29 is 27.1 Å². The Bertz CT molecular complexity index is 1030. The topological polar surface area (TPSA) is 106 Å². The van der Waals surface area contributed by atoms with Crippen LogP contribution in [0.4, 0.5) is 9.52 Å². The van der Waals surface area contributed by atoms with E-state index < -0.39 is 15.8 Å². The van der Waals surface area contributed by atoms with Crippen LogP contribution in [0.15, 0.2) is 29.2 Å². The van der Waals surface area contributed by atoms with Gasteiger partial charge in [0.05, 0.1) is 23.1 Å². The number of esters is 1. The van der Waals surface area contributed by atoms with Gasteiger partial charge in [-0.2, -0.15) is 0 Å². The fourth-order valence-electron chi connectivity index (χ4n) is 3.15. The number of thiazole rings is 1. The van der Waals surface area contributed by atoms with Gasteiger partial charge in [-0.05, 0) is 51.0 Å².